The number of hydrogen-bond acceptors (Lipinski definition) is 4. The molecular weight excluding hydrogens is 262 g/mol. The Morgan fingerprint density at radius 2 is 2.26 bits per heavy atom. The van der Waals surface area contributed by atoms with E-state index in [0.29, 0.717) is 35.6 Å². The zero-order valence-electron chi connectivity index (χ0n) is 11.9. The predicted molar refractivity (Wildman–Crippen MR) is 77.4 cm³/mol. The van der Waals surface area contributed by atoms with Gasteiger partial charge < -0.3 is 10.1 Å². The molecule has 1 heterocycles. The zero-order valence-corrected chi connectivity index (χ0v) is 12.6. The molecule has 106 valence electrons. The number of aromatic nitrogens is 2. The Hall–Kier alpha value is -0.870. The van der Waals surface area contributed by atoms with E-state index in [-0.39, 0.29) is 0 Å². The minimum atomic E-state index is 0.303. The number of halogens is 1. The molecule has 1 unspecified atom stereocenters. The third-order valence-electron chi connectivity index (χ3n) is 3.76. The van der Waals surface area contributed by atoms with Crippen LogP contribution in [0.3, 0.4) is 0 Å². The molecule has 19 heavy (non-hydrogen) atoms. The van der Waals surface area contributed by atoms with E-state index in [0.717, 1.165) is 5.82 Å². The van der Waals surface area contributed by atoms with Crippen molar-refractivity contribution in [2.45, 2.75) is 52.7 Å². The summed E-state index contributed by atoms with van der Waals surface area (Å²) in [6, 6.07) is 2.23. The number of nitrogens with zero attached hydrogens (tertiary/aromatic N) is 2. The molecule has 0 radical (unpaired) electrons. The van der Waals surface area contributed by atoms with Crippen molar-refractivity contribution in [3.63, 3.8) is 0 Å². The van der Waals surface area contributed by atoms with Crippen LogP contribution in [0.5, 0.6) is 0 Å². The number of hydrogen-bond donors (Lipinski definition) is 1. The summed E-state index contributed by atoms with van der Waals surface area (Å²) >= 11 is 6.04. The number of rotatable bonds is 5. The fourth-order valence-electron chi connectivity index (χ4n) is 2.57. The molecule has 1 saturated carbocycles. The van der Waals surface area contributed by atoms with Crippen LogP contribution in [-0.4, -0.2) is 22.6 Å². The molecule has 1 aliphatic carbocycles. The highest BCUT2D eigenvalue weighted by molar-refractivity contribution is 6.29. The molecule has 0 bridgehead atoms. The van der Waals surface area contributed by atoms with Crippen molar-refractivity contribution in [2.24, 2.45) is 5.41 Å². The van der Waals surface area contributed by atoms with E-state index in [4.69, 9.17) is 16.3 Å². The molecule has 1 aliphatic rings. The van der Waals surface area contributed by atoms with Gasteiger partial charge in [-0.15, -0.1) is 0 Å². The Bertz CT molecular complexity index is 437. The summed E-state index contributed by atoms with van der Waals surface area (Å²) in [6.07, 6.45) is 3.68. The monoisotopic (exact) mass is 283 g/mol. The Morgan fingerprint density at radius 1 is 1.47 bits per heavy atom. The maximum absolute atomic E-state index is 6.04. The third-order valence-corrected chi connectivity index (χ3v) is 3.95. The molecule has 0 aliphatic heterocycles. The highest BCUT2D eigenvalue weighted by Crippen LogP contribution is 2.38. The average Bonchev–Trinajstić information content (AvgIpc) is 2.65. The first-order valence-corrected chi connectivity index (χ1v) is 7.27. The molecule has 0 amide bonds. The van der Waals surface area contributed by atoms with Crippen LogP contribution in [0.4, 0.5) is 5.82 Å². The third kappa shape index (κ3) is 3.80. The standard InChI is InChI=1S/C14H22ClN3O/c1-4-19-9-13-17-11(15)8-12(18-13)16-10-6-5-7-14(10,2)3/h8,10H,4-7,9H2,1-3H3,(H,16,17,18). The largest absolute Gasteiger partial charge is 0.374 e. The van der Waals surface area contributed by atoms with Gasteiger partial charge in [-0.1, -0.05) is 31.9 Å². The quantitative estimate of drug-likeness (QED) is 0.838. The minimum Gasteiger partial charge on any atom is -0.374 e. The summed E-state index contributed by atoms with van der Waals surface area (Å²) in [5.74, 6) is 1.43. The molecule has 1 atom stereocenters. The highest BCUT2D eigenvalue weighted by Gasteiger charge is 2.34. The van der Waals surface area contributed by atoms with Gasteiger partial charge in [0, 0.05) is 18.7 Å². The van der Waals surface area contributed by atoms with Crippen LogP contribution in [0.2, 0.25) is 5.15 Å². The molecule has 1 fully saturated rings. The second-order valence-corrected chi connectivity index (χ2v) is 6.09. The summed E-state index contributed by atoms with van der Waals surface area (Å²) in [5, 5.41) is 3.96. The van der Waals surface area contributed by atoms with Crippen molar-refractivity contribution >= 4 is 17.4 Å². The molecule has 1 aromatic heterocycles. The average molecular weight is 284 g/mol. The smallest absolute Gasteiger partial charge is 0.158 e. The van der Waals surface area contributed by atoms with Crippen LogP contribution < -0.4 is 5.32 Å². The first-order valence-electron chi connectivity index (χ1n) is 6.89. The van der Waals surface area contributed by atoms with Crippen LogP contribution >= 0.6 is 11.6 Å². The van der Waals surface area contributed by atoms with Gasteiger partial charge in [0.05, 0.1) is 0 Å². The van der Waals surface area contributed by atoms with Crippen LogP contribution in [0.25, 0.3) is 0 Å². The summed E-state index contributed by atoms with van der Waals surface area (Å²) < 4.78 is 5.33. The van der Waals surface area contributed by atoms with Crippen molar-refractivity contribution in [1.29, 1.82) is 0 Å². The van der Waals surface area contributed by atoms with Gasteiger partial charge in [0.1, 0.15) is 17.6 Å². The maximum Gasteiger partial charge on any atom is 0.158 e. The number of anilines is 1. The predicted octanol–water partition coefficient (Wildman–Crippen LogP) is 3.66. The van der Waals surface area contributed by atoms with E-state index >= 15 is 0 Å². The second-order valence-electron chi connectivity index (χ2n) is 5.71. The summed E-state index contributed by atoms with van der Waals surface area (Å²) in [4.78, 5) is 8.64. The van der Waals surface area contributed by atoms with Gasteiger partial charge in [0.15, 0.2) is 5.82 Å². The molecule has 0 saturated heterocycles. The van der Waals surface area contributed by atoms with Gasteiger partial charge in [-0.05, 0) is 25.2 Å². The van der Waals surface area contributed by atoms with Gasteiger partial charge in [-0.3, -0.25) is 0 Å². The van der Waals surface area contributed by atoms with Gasteiger partial charge in [-0.2, -0.15) is 0 Å². The summed E-state index contributed by atoms with van der Waals surface area (Å²) in [5.41, 5.74) is 0.303. The van der Waals surface area contributed by atoms with Gasteiger partial charge >= 0.3 is 0 Å². The summed E-state index contributed by atoms with van der Waals surface area (Å²) in [7, 11) is 0. The fraction of sp³-hybridized carbons (Fsp3) is 0.714. The molecule has 2 rings (SSSR count). The first-order chi connectivity index (χ1) is 9.01. The van der Waals surface area contributed by atoms with Crippen LogP contribution in [-0.2, 0) is 11.3 Å². The van der Waals surface area contributed by atoms with Crippen molar-refractivity contribution in [3.8, 4) is 0 Å². The van der Waals surface area contributed by atoms with E-state index < -0.39 is 0 Å². The fourth-order valence-corrected chi connectivity index (χ4v) is 2.77. The van der Waals surface area contributed by atoms with Crippen LogP contribution in [0.15, 0.2) is 6.07 Å². The molecular formula is C14H22ClN3O. The van der Waals surface area contributed by atoms with Gasteiger partial charge in [0.2, 0.25) is 0 Å². The number of ether oxygens (including phenoxy) is 1. The Balaban J connectivity index is 2.09. The lowest BCUT2D eigenvalue weighted by atomic mass is 9.87. The highest BCUT2D eigenvalue weighted by atomic mass is 35.5. The minimum absolute atomic E-state index is 0.303. The van der Waals surface area contributed by atoms with E-state index in [1.807, 2.05) is 6.92 Å². The SMILES string of the molecule is CCOCc1nc(Cl)cc(NC2CCCC2(C)C)n1. The Labute approximate surface area is 119 Å². The topological polar surface area (TPSA) is 47.0 Å². The molecule has 0 aromatic carbocycles. The van der Waals surface area contributed by atoms with Crippen molar-refractivity contribution < 1.29 is 4.74 Å². The van der Waals surface area contributed by atoms with E-state index in [9.17, 15) is 0 Å². The van der Waals surface area contributed by atoms with E-state index in [1.165, 1.54) is 19.3 Å². The normalized spacial score (nSPS) is 21.6. The van der Waals surface area contributed by atoms with Crippen LogP contribution in [0, 0.1) is 5.41 Å². The van der Waals surface area contributed by atoms with Crippen molar-refractivity contribution in [3.05, 3.63) is 17.0 Å². The van der Waals surface area contributed by atoms with Gasteiger partial charge in [0.25, 0.3) is 0 Å². The summed E-state index contributed by atoms with van der Waals surface area (Å²) in [6.45, 7) is 7.59. The zero-order chi connectivity index (χ0) is 13.9. The first kappa shape index (κ1) is 14.5. The molecule has 0 spiro atoms. The van der Waals surface area contributed by atoms with Crippen molar-refractivity contribution in [1.82, 2.24) is 9.97 Å². The molecule has 1 N–H and O–H groups in total. The van der Waals surface area contributed by atoms with Gasteiger partial charge in [-0.25, -0.2) is 9.97 Å². The maximum atomic E-state index is 6.04. The Kier molecular flexibility index (Phi) is 4.63. The second kappa shape index (κ2) is 6.06. The van der Waals surface area contributed by atoms with Crippen LogP contribution in [0.1, 0.15) is 45.9 Å². The van der Waals surface area contributed by atoms with E-state index in [1.54, 1.807) is 6.07 Å². The lowest BCUT2D eigenvalue weighted by molar-refractivity contribution is 0.128. The molecule has 5 heteroatoms. The van der Waals surface area contributed by atoms with Crippen molar-refractivity contribution in [2.75, 3.05) is 11.9 Å². The molecule has 4 nitrogen and oxygen atoms in total. The Morgan fingerprint density at radius 3 is 2.89 bits per heavy atom. The van der Waals surface area contributed by atoms with E-state index in [2.05, 4.69) is 29.1 Å². The lowest BCUT2D eigenvalue weighted by Gasteiger charge is -2.28. The lowest BCUT2D eigenvalue weighted by Crippen LogP contribution is -2.31. The number of nitrogens with one attached hydrogen (secondary N) is 1. The molecule has 1 aromatic rings.